The van der Waals surface area contributed by atoms with Gasteiger partial charge >= 0.3 is 0 Å². The maximum Gasteiger partial charge on any atom is 0.294 e. The van der Waals surface area contributed by atoms with Gasteiger partial charge < -0.3 is 24.8 Å². The van der Waals surface area contributed by atoms with Crippen molar-refractivity contribution in [1.82, 2.24) is 10.6 Å². The first kappa shape index (κ1) is 52.0. The third-order valence-corrected chi connectivity index (χ3v) is 15.0. The fraction of sp³-hybridized carbons (Fsp3) is 0.453. The van der Waals surface area contributed by atoms with Crippen molar-refractivity contribution < 1.29 is 44.8 Å². The molecule has 3 aromatic carbocycles. The molecule has 6 rings (SSSR count). The lowest BCUT2D eigenvalue weighted by Crippen LogP contribution is -2.28. The van der Waals surface area contributed by atoms with Crippen molar-refractivity contribution in [2.75, 3.05) is 31.1 Å². The van der Waals surface area contributed by atoms with E-state index in [1.165, 1.54) is 58.9 Å². The lowest BCUT2D eigenvalue weighted by atomic mass is 9.81. The van der Waals surface area contributed by atoms with E-state index >= 15 is 0 Å². The van der Waals surface area contributed by atoms with Gasteiger partial charge in [0.05, 0.1) is 15.2 Å². The lowest BCUT2D eigenvalue weighted by molar-refractivity contribution is -0.438. The van der Waals surface area contributed by atoms with Crippen molar-refractivity contribution in [2.24, 2.45) is 0 Å². The molecule has 3 aromatic rings. The third kappa shape index (κ3) is 12.5. The maximum atomic E-state index is 12.6. The highest BCUT2D eigenvalue weighted by Gasteiger charge is 2.45. The molecule has 0 atom stereocenters. The van der Waals surface area contributed by atoms with Gasteiger partial charge in [0.15, 0.2) is 5.71 Å². The van der Waals surface area contributed by atoms with Gasteiger partial charge in [-0.05, 0) is 150 Å². The average molecular weight is 969 g/mol. The summed E-state index contributed by atoms with van der Waals surface area (Å²) in [6, 6.07) is 16.9. The molecule has 0 aromatic heterocycles. The van der Waals surface area contributed by atoms with Crippen LogP contribution in [0.15, 0.2) is 117 Å². The van der Waals surface area contributed by atoms with Gasteiger partial charge in [0, 0.05) is 67.0 Å². The van der Waals surface area contributed by atoms with Crippen molar-refractivity contribution in [3.8, 4) is 5.75 Å². The van der Waals surface area contributed by atoms with Gasteiger partial charge in [-0.1, -0.05) is 51.0 Å². The average Bonchev–Trinajstić information content (AvgIpc) is 3.63. The number of rotatable bonds is 23. The number of aryl methyl sites for hydroxylation is 1. The minimum Gasteiger partial charge on any atom is -0.744 e. The van der Waals surface area contributed by atoms with Crippen LogP contribution < -0.4 is 20.3 Å². The maximum absolute atomic E-state index is 12.6. The summed E-state index contributed by atoms with van der Waals surface area (Å²) in [6.07, 6.45) is 18.7. The number of hydrogen-bond donors (Lipinski definition) is 3. The summed E-state index contributed by atoms with van der Waals surface area (Å²) in [5, 5.41) is 5.63. The fourth-order valence-electron chi connectivity index (χ4n) is 9.54. The van der Waals surface area contributed by atoms with E-state index in [2.05, 4.69) is 90.3 Å². The Morgan fingerprint density at radius 1 is 0.838 bits per heavy atom. The molecule has 13 nitrogen and oxygen atoms in total. The van der Waals surface area contributed by atoms with Crippen LogP contribution >= 0.6 is 0 Å². The zero-order valence-electron chi connectivity index (χ0n) is 40.4. The quantitative estimate of drug-likeness (QED) is 0.0358. The van der Waals surface area contributed by atoms with E-state index < -0.39 is 25.7 Å². The molecule has 3 aliphatic rings. The van der Waals surface area contributed by atoms with Crippen LogP contribution in [0.1, 0.15) is 128 Å². The summed E-state index contributed by atoms with van der Waals surface area (Å²) in [5.41, 5.74) is 8.25. The first-order valence-corrected chi connectivity index (χ1v) is 26.8. The molecular formula is C53H68N4O9S2. The number of nitrogens with zero attached hydrogens (tertiary/aromatic N) is 2. The first-order chi connectivity index (χ1) is 32.3. The van der Waals surface area contributed by atoms with E-state index in [4.69, 9.17) is 4.74 Å². The monoisotopic (exact) mass is 968 g/mol. The van der Waals surface area contributed by atoms with Gasteiger partial charge in [0.25, 0.3) is 10.1 Å². The van der Waals surface area contributed by atoms with E-state index in [-0.39, 0.29) is 21.1 Å². The number of hydrogen-bond acceptors (Lipinski definition) is 9. The Kier molecular flexibility index (Phi) is 17.1. The number of amides is 2. The second-order valence-electron chi connectivity index (χ2n) is 19.1. The molecule has 0 spiro atoms. The van der Waals surface area contributed by atoms with Crippen LogP contribution in [0.2, 0.25) is 0 Å². The van der Waals surface area contributed by atoms with Gasteiger partial charge in [-0.2, -0.15) is 13.0 Å². The summed E-state index contributed by atoms with van der Waals surface area (Å²) in [6.45, 7) is 15.6. The second-order valence-corrected chi connectivity index (χ2v) is 21.9. The van der Waals surface area contributed by atoms with Gasteiger partial charge in [-0.15, -0.1) is 0 Å². The summed E-state index contributed by atoms with van der Waals surface area (Å²) in [4.78, 5) is 24.9. The van der Waals surface area contributed by atoms with Crippen molar-refractivity contribution in [3.05, 3.63) is 124 Å². The smallest absolute Gasteiger partial charge is 0.294 e. The number of allylic oxidation sites excluding steroid dienone is 7. The standard InChI is InChI=1S/C53H68N4O9S2/c1-7-8-33-56-46-27-19-38(2)35-44(46)52(3,4)48(56)29-20-39-16-15-17-40(51(39)66-41-22-24-42(25-23-41)67(60,61)62)21-30-49-53(5,6)45-36-43(68(63,64)65)26-28-47(45)57(49)34-14-9-11-18-50(59)55-32-13-10-12-31-54-37-58/h19-30,35-37H,7-18,31-34H2,1-6H3,(H3-,54,55,58,59,60,61,62,63,64,65). The van der Waals surface area contributed by atoms with Gasteiger partial charge in [0.1, 0.15) is 28.2 Å². The zero-order valence-corrected chi connectivity index (χ0v) is 42.0. The number of anilines is 1. The van der Waals surface area contributed by atoms with Gasteiger partial charge in [0.2, 0.25) is 18.0 Å². The number of carbonyl (C=O) groups excluding carboxylic acids is 2. The summed E-state index contributed by atoms with van der Waals surface area (Å²) < 4.78 is 79.2. The Balaban J connectivity index is 1.34. The molecule has 3 N–H and O–H groups in total. The van der Waals surface area contributed by atoms with Crippen molar-refractivity contribution in [2.45, 2.75) is 139 Å². The second kappa shape index (κ2) is 22.4. The summed E-state index contributed by atoms with van der Waals surface area (Å²) in [7, 11) is -9.14. The molecule has 1 aliphatic carbocycles. The molecule has 0 radical (unpaired) electrons. The molecule has 0 saturated carbocycles. The Bertz CT molecular complexity index is 2730. The molecule has 0 unspecified atom stereocenters. The molecule has 0 bridgehead atoms. The lowest BCUT2D eigenvalue weighted by Gasteiger charge is -2.27. The summed E-state index contributed by atoms with van der Waals surface area (Å²) >= 11 is 0. The molecule has 2 heterocycles. The molecule has 68 heavy (non-hydrogen) atoms. The number of ether oxygens (including phenoxy) is 1. The van der Waals surface area contributed by atoms with Crippen LogP contribution in [-0.4, -0.2) is 74.7 Å². The molecular weight excluding hydrogens is 901 g/mol. The number of benzene rings is 3. The zero-order chi connectivity index (χ0) is 49.3. The van der Waals surface area contributed by atoms with Crippen LogP contribution in [0.5, 0.6) is 5.75 Å². The Morgan fingerprint density at radius 3 is 2.26 bits per heavy atom. The van der Waals surface area contributed by atoms with Gasteiger partial charge in [-0.3, -0.25) is 14.1 Å². The molecule has 0 fully saturated rings. The Hall–Kier alpha value is -5.35. The topological polar surface area (TPSA) is 185 Å². The minimum absolute atomic E-state index is 0.00363. The van der Waals surface area contributed by atoms with Crippen molar-refractivity contribution in [1.29, 1.82) is 0 Å². The Morgan fingerprint density at radius 2 is 1.56 bits per heavy atom. The van der Waals surface area contributed by atoms with Crippen LogP contribution in [0, 0.1) is 6.92 Å². The van der Waals surface area contributed by atoms with Crippen LogP contribution in [0.25, 0.3) is 0 Å². The number of carbonyl (C=O) groups is 2. The largest absolute Gasteiger partial charge is 0.744 e. The third-order valence-electron chi connectivity index (χ3n) is 13.3. The van der Waals surface area contributed by atoms with E-state index in [1.807, 2.05) is 13.8 Å². The van der Waals surface area contributed by atoms with E-state index in [0.717, 1.165) is 92.4 Å². The fourth-order valence-corrected chi connectivity index (χ4v) is 10.5. The molecule has 2 amide bonds. The molecule has 366 valence electrons. The van der Waals surface area contributed by atoms with E-state index in [0.29, 0.717) is 56.8 Å². The normalized spacial score (nSPS) is 17.9. The first-order valence-electron chi connectivity index (χ1n) is 23.9. The number of nitrogens with one attached hydrogen (secondary N) is 2. The van der Waals surface area contributed by atoms with Crippen molar-refractivity contribution >= 4 is 49.6 Å². The molecule has 2 aliphatic heterocycles. The summed E-state index contributed by atoms with van der Waals surface area (Å²) in [5.74, 6) is 1.05. The highest BCUT2D eigenvalue weighted by Crippen LogP contribution is 2.49. The minimum atomic E-state index is -4.72. The van der Waals surface area contributed by atoms with Gasteiger partial charge in [-0.25, -0.2) is 8.42 Å². The van der Waals surface area contributed by atoms with E-state index in [9.17, 15) is 35.5 Å². The Labute approximate surface area is 403 Å². The van der Waals surface area contributed by atoms with Crippen LogP contribution in [0.4, 0.5) is 11.4 Å². The predicted molar refractivity (Wildman–Crippen MR) is 266 cm³/mol. The molecule has 0 saturated heterocycles. The number of unbranched alkanes of at least 4 members (excludes halogenated alkanes) is 5. The van der Waals surface area contributed by atoms with Crippen LogP contribution in [-0.2, 0) is 40.7 Å². The van der Waals surface area contributed by atoms with Crippen LogP contribution in [0.3, 0.4) is 0 Å². The highest BCUT2D eigenvalue weighted by molar-refractivity contribution is 7.86. The number of fused-ring (bicyclic) bond motifs is 2. The SMILES string of the molecule is CCCCN1/C(=C/C=C2\CCCC(/C=C/C3=[N+](CCCCCC(=O)NCCCCCNC=O)c4ccc(S(=O)(=O)[O-])cc4C3(C)C)=C2Oc2ccc(S(=O)(=O)O)cc2)C(C)(C)c2cc(C)ccc21. The highest BCUT2D eigenvalue weighted by atomic mass is 32.2. The van der Waals surface area contributed by atoms with Crippen molar-refractivity contribution in [3.63, 3.8) is 0 Å². The molecule has 15 heteroatoms. The predicted octanol–water partition coefficient (Wildman–Crippen LogP) is 9.60. The van der Waals surface area contributed by atoms with E-state index in [1.54, 1.807) is 6.07 Å².